The van der Waals surface area contributed by atoms with E-state index in [4.69, 9.17) is 9.97 Å². The summed E-state index contributed by atoms with van der Waals surface area (Å²) in [6, 6.07) is 5.93. The van der Waals surface area contributed by atoms with Crippen LogP contribution in [0.3, 0.4) is 0 Å². The van der Waals surface area contributed by atoms with Crippen molar-refractivity contribution in [3.63, 3.8) is 0 Å². The summed E-state index contributed by atoms with van der Waals surface area (Å²) in [6.45, 7) is 6.38. The Hall–Kier alpha value is -2.87. The SMILES string of the molecule is Cc1ncsc1C(=O)N1CCCC1c1nc(C)c2c(n1)N(Cc1ccccn1)CCC2. The number of amides is 1. The molecule has 8 heteroatoms. The molecule has 1 amide bonds. The lowest BCUT2D eigenvalue weighted by atomic mass is 10.0. The maximum atomic E-state index is 13.2. The van der Waals surface area contributed by atoms with Crippen LogP contribution in [0.15, 0.2) is 29.9 Å². The first-order chi connectivity index (χ1) is 15.1. The lowest BCUT2D eigenvalue weighted by molar-refractivity contribution is 0.0733. The first-order valence-corrected chi connectivity index (χ1v) is 11.7. The monoisotopic (exact) mass is 434 g/mol. The highest BCUT2D eigenvalue weighted by molar-refractivity contribution is 7.11. The smallest absolute Gasteiger partial charge is 0.266 e. The Kier molecular flexibility index (Phi) is 5.40. The Bertz CT molecular complexity index is 1100. The maximum Gasteiger partial charge on any atom is 0.266 e. The number of nitrogens with zero attached hydrogens (tertiary/aromatic N) is 6. The van der Waals surface area contributed by atoms with Gasteiger partial charge in [0.15, 0.2) is 5.82 Å². The molecular weight excluding hydrogens is 408 g/mol. The minimum atomic E-state index is -0.0865. The fourth-order valence-electron chi connectivity index (χ4n) is 4.61. The average Bonchev–Trinajstić information content (AvgIpc) is 3.44. The van der Waals surface area contributed by atoms with Crippen LogP contribution < -0.4 is 4.90 Å². The number of hydrogen-bond acceptors (Lipinski definition) is 7. The first kappa shape index (κ1) is 20.1. The Balaban J connectivity index is 1.47. The molecule has 1 unspecified atom stereocenters. The highest BCUT2D eigenvalue weighted by atomic mass is 32.1. The van der Waals surface area contributed by atoms with E-state index in [2.05, 4.69) is 27.9 Å². The molecule has 7 nitrogen and oxygen atoms in total. The van der Waals surface area contributed by atoms with Crippen molar-refractivity contribution >= 4 is 23.1 Å². The zero-order valence-electron chi connectivity index (χ0n) is 17.9. The van der Waals surface area contributed by atoms with E-state index >= 15 is 0 Å². The quantitative estimate of drug-likeness (QED) is 0.620. The third-order valence-corrected chi connectivity index (χ3v) is 7.11. The fraction of sp³-hybridized carbons (Fsp3) is 0.435. The van der Waals surface area contributed by atoms with E-state index in [1.807, 2.05) is 30.2 Å². The van der Waals surface area contributed by atoms with E-state index in [1.54, 1.807) is 5.51 Å². The van der Waals surface area contributed by atoms with E-state index in [0.29, 0.717) is 0 Å². The molecule has 1 saturated heterocycles. The first-order valence-electron chi connectivity index (χ1n) is 10.8. The third-order valence-electron chi connectivity index (χ3n) is 6.19. The zero-order valence-corrected chi connectivity index (χ0v) is 18.7. The molecule has 0 spiro atoms. The van der Waals surface area contributed by atoms with Crippen LogP contribution >= 0.6 is 11.3 Å². The summed E-state index contributed by atoms with van der Waals surface area (Å²) in [5, 5.41) is 0. The second-order valence-corrected chi connectivity index (χ2v) is 9.09. The summed E-state index contributed by atoms with van der Waals surface area (Å²) < 4.78 is 0. The normalized spacial score (nSPS) is 18.3. The van der Waals surface area contributed by atoms with Crippen molar-refractivity contribution in [3.05, 3.63) is 63.3 Å². The molecule has 0 N–H and O–H groups in total. The molecule has 2 aliphatic rings. The van der Waals surface area contributed by atoms with Gasteiger partial charge in [-0.1, -0.05) is 6.07 Å². The topological polar surface area (TPSA) is 75.1 Å². The summed E-state index contributed by atoms with van der Waals surface area (Å²) in [6.07, 6.45) is 5.77. The van der Waals surface area contributed by atoms with Gasteiger partial charge in [0.25, 0.3) is 5.91 Å². The molecule has 0 aliphatic carbocycles. The number of anilines is 1. The van der Waals surface area contributed by atoms with Crippen molar-refractivity contribution in [3.8, 4) is 0 Å². The molecule has 3 aromatic heterocycles. The molecule has 5 heterocycles. The Morgan fingerprint density at radius 2 is 2.03 bits per heavy atom. The molecule has 0 bridgehead atoms. The van der Waals surface area contributed by atoms with Gasteiger partial charge in [0.2, 0.25) is 0 Å². The predicted molar refractivity (Wildman–Crippen MR) is 120 cm³/mol. The van der Waals surface area contributed by atoms with Crippen molar-refractivity contribution in [2.24, 2.45) is 0 Å². The van der Waals surface area contributed by atoms with Crippen molar-refractivity contribution in [1.82, 2.24) is 24.8 Å². The van der Waals surface area contributed by atoms with Gasteiger partial charge < -0.3 is 9.80 Å². The fourth-order valence-corrected chi connectivity index (χ4v) is 5.37. The van der Waals surface area contributed by atoms with Gasteiger partial charge in [-0.3, -0.25) is 9.78 Å². The summed E-state index contributed by atoms with van der Waals surface area (Å²) in [5.41, 5.74) is 5.82. The molecule has 1 fully saturated rings. The Morgan fingerprint density at radius 1 is 1.13 bits per heavy atom. The van der Waals surface area contributed by atoms with Gasteiger partial charge in [0, 0.05) is 30.5 Å². The summed E-state index contributed by atoms with van der Waals surface area (Å²) >= 11 is 1.41. The van der Waals surface area contributed by atoms with Crippen LogP contribution in [0.4, 0.5) is 5.82 Å². The third kappa shape index (κ3) is 3.80. The minimum Gasteiger partial charge on any atom is -0.350 e. The van der Waals surface area contributed by atoms with Crippen LogP contribution in [0.25, 0.3) is 0 Å². The second kappa shape index (κ2) is 8.34. The maximum absolute atomic E-state index is 13.2. The van der Waals surface area contributed by atoms with Gasteiger partial charge in [-0.2, -0.15) is 0 Å². The highest BCUT2D eigenvalue weighted by Crippen LogP contribution is 2.36. The average molecular weight is 435 g/mol. The minimum absolute atomic E-state index is 0.0480. The zero-order chi connectivity index (χ0) is 21.4. The number of hydrogen-bond donors (Lipinski definition) is 0. The summed E-state index contributed by atoms with van der Waals surface area (Å²) in [4.78, 5) is 36.9. The lowest BCUT2D eigenvalue weighted by Crippen LogP contribution is -2.34. The summed E-state index contributed by atoms with van der Waals surface area (Å²) in [7, 11) is 0. The van der Waals surface area contributed by atoms with Crippen molar-refractivity contribution in [2.75, 3.05) is 18.0 Å². The second-order valence-electron chi connectivity index (χ2n) is 8.24. The summed E-state index contributed by atoms with van der Waals surface area (Å²) in [5.74, 6) is 1.82. The van der Waals surface area contributed by atoms with E-state index in [1.165, 1.54) is 16.9 Å². The van der Waals surface area contributed by atoms with Crippen LogP contribution in [0.2, 0.25) is 0 Å². The van der Waals surface area contributed by atoms with Gasteiger partial charge in [-0.15, -0.1) is 11.3 Å². The largest absolute Gasteiger partial charge is 0.350 e. The number of aryl methyl sites for hydroxylation is 2. The number of carbonyl (C=O) groups is 1. The standard InChI is InChI=1S/C23H26N6OS/c1-15-18-8-5-11-28(13-17-7-3-4-10-24-17)22(18)27-21(26-15)19-9-6-12-29(19)23(30)20-16(2)25-14-31-20/h3-4,7,10,14,19H,5-6,8-9,11-13H2,1-2H3. The van der Waals surface area contributed by atoms with Crippen molar-refractivity contribution in [1.29, 1.82) is 0 Å². The number of pyridine rings is 1. The number of thiazole rings is 1. The molecule has 2 aliphatic heterocycles. The molecule has 1 atom stereocenters. The van der Waals surface area contributed by atoms with Crippen LogP contribution in [0, 0.1) is 13.8 Å². The number of fused-ring (bicyclic) bond motifs is 1. The number of aromatic nitrogens is 4. The number of rotatable bonds is 4. The van der Waals surface area contributed by atoms with E-state index in [-0.39, 0.29) is 11.9 Å². The number of carbonyl (C=O) groups excluding carboxylic acids is 1. The van der Waals surface area contributed by atoms with E-state index in [0.717, 1.165) is 78.9 Å². The van der Waals surface area contributed by atoms with Gasteiger partial charge in [-0.05, 0) is 51.7 Å². The molecule has 0 saturated carbocycles. The van der Waals surface area contributed by atoms with E-state index in [9.17, 15) is 4.79 Å². The van der Waals surface area contributed by atoms with Gasteiger partial charge >= 0.3 is 0 Å². The molecule has 5 rings (SSSR count). The van der Waals surface area contributed by atoms with Crippen LogP contribution in [0.5, 0.6) is 0 Å². The Morgan fingerprint density at radius 3 is 2.81 bits per heavy atom. The molecule has 0 radical (unpaired) electrons. The van der Waals surface area contributed by atoms with Crippen LogP contribution in [-0.4, -0.2) is 43.8 Å². The van der Waals surface area contributed by atoms with Crippen LogP contribution in [-0.2, 0) is 13.0 Å². The van der Waals surface area contributed by atoms with Gasteiger partial charge in [-0.25, -0.2) is 15.0 Å². The van der Waals surface area contributed by atoms with Gasteiger partial charge in [0.05, 0.1) is 29.5 Å². The lowest BCUT2D eigenvalue weighted by Gasteiger charge is -2.32. The molecule has 3 aromatic rings. The predicted octanol–water partition coefficient (Wildman–Crippen LogP) is 3.88. The number of likely N-dealkylation sites (tertiary alicyclic amines) is 1. The van der Waals surface area contributed by atoms with Gasteiger partial charge in [0.1, 0.15) is 10.7 Å². The van der Waals surface area contributed by atoms with E-state index < -0.39 is 0 Å². The Labute approximate surface area is 186 Å². The van der Waals surface area contributed by atoms with Crippen LogP contribution in [0.1, 0.15) is 63.4 Å². The van der Waals surface area contributed by atoms with Crippen molar-refractivity contribution in [2.45, 2.75) is 52.1 Å². The molecule has 160 valence electrons. The highest BCUT2D eigenvalue weighted by Gasteiger charge is 2.35. The molecule has 0 aromatic carbocycles. The molecule has 31 heavy (non-hydrogen) atoms. The molecular formula is C23H26N6OS. The van der Waals surface area contributed by atoms with Crippen molar-refractivity contribution < 1.29 is 4.79 Å².